The number of quaternary nitrogens is 1. The number of hydrogen-bond acceptors (Lipinski definition) is 3. The predicted molar refractivity (Wildman–Crippen MR) is 611 cm³/mol. The summed E-state index contributed by atoms with van der Waals surface area (Å²) in [6.45, 7) is 104. The minimum Gasteiger partial charge on any atom is -0.361 e. The molecule has 1 saturated heterocycles. The van der Waals surface area contributed by atoms with Crippen LogP contribution in [0.5, 0.6) is 0 Å². The number of fused-ring (bicyclic) bond motifs is 2. The summed E-state index contributed by atoms with van der Waals surface area (Å²) in [5.74, 6) is 0.949. The van der Waals surface area contributed by atoms with Gasteiger partial charge in [0.15, 0.2) is 18.1 Å². The molecule has 0 amide bonds. The molecule has 6 unspecified atom stereocenters. The fraction of sp³-hybridized carbons (Fsp3) is 0.597. The highest BCUT2D eigenvalue weighted by Crippen LogP contribution is 2.68. The molecule has 140 heavy (non-hydrogen) atoms. The molecule has 6 heteroatoms. The maximum Gasteiger partial charge on any atom is 0.210 e. The van der Waals surface area contributed by atoms with Crippen molar-refractivity contribution in [2.24, 2.45) is 92.1 Å². The number of aromatic amines is 2. The summed E-state index contributed by atoms with van der Waals surface area (Å²) >= 11 is 0. The van der Waals surface area contributed by atoms with Crippen LogP contribution in [0.2, 0.25) is 0 Å². The summed E-state index contributed by atoms with van der Waals surface area (Å²) in [5, 5.41) is 6.44. The van der Waals surface area contributed by atoms with Crippen LogP contribution in [0.4, 0.5) is 0 Å². The molecule has 6 nitrogen and oxygen atoms in total. The van der Waals surface area contributed by atoms with Gasteiger partial charge in [-0.3, -0.25) is 9.98 Å². The molecule has 0 radical (unpaired) electrons. The summed E-state index contributed by atoms with van der Waals surface area (Å²) in [6, 6.07) is 83.4. The second-order valence-corrected chi connectivity index (χ2v) is 54.7. The third-order valence-electron chi connectivity index (χ3n) is 42.3. The summed E-state index contributed by atoms with van der Waals surface area (Å²) in [5.41, 5.74) is 15.3. The SMILES string of the molecule is CC(C)(C)C(C)(CCCC1CC[NH2+]C1)C(C)(C)C(C)(C)c1ccccc1.CC(C)(C)C(C)(CCCN1C=NCC1)C(C)(C)C(C)(C)c1ccccc1.CC(C)(C)C(C)(CCCc1c[nH+]cc2ccccc12)C(C)(C)C(C)(C)c1ccccc1.CC(C)(C)C(C)(CCCc1ccc2ccccc2[nH+]1)C(C)(C)C(C)(C)c1ccccc1.CC(C)(C)C(C)(CCc1ccccn1)C(C)(C)C(C)(C)c1ccccc1. The molecule has 4 N–H and O–H groups in total. The van der Waals surface area contributed by atoms with Crippen LogP contribution in [-0.2, 0) is 46.3 Å². The monoisotopic (exact) mass is 1900 g/mol. The molecular formula is C134H205N6+3. The van der Waals surface area contributed by atoms with Gasteiger partial charge in [-0.1, -0.05) is 471 Å². The average Bonchev–Trinajstić information content (AvgIpc) is 0.805. The molecule has 0 bridgehead atoms. The first-order valence-electron chi connectivity index (χ1n) is 54.6. The van der Waals surface area contributed by atoms with Crippen LogP contribution in [0.25, 0.3) is 21.7 Å². The highest BCUT2D eigenvalue weighted by Gasteiger charge is 2.61. The van der Waals surface area contributed by atoms with Crippen molar-refractivity contribution >= 4 is 28.0 Å². The first-order chi connectivity index (χ1) is 64.6. The second kappa shape index (κ2) is 45.7. The number of para-hydroxylation sites is 1. The Kier molecular flexibility index (Phi) is 38.3. The topological polar surface area (TPSA) is 73.4 Å². The Morgan fingerprint density at radius 1 is 0.321 bits per heavy atom. The van der Waals surface area contributed by atoms with Gasteiger partial charge in [-0.25, -0.2) is 9.97 Å². The van der Waals surface area contributed by atoms with E-state index in [2.05, 4.69) is 544 Å². The minimum absolute atomic E-state index is 0.0560. The molecule has 2 aliphatic heterocycles. The van der Waals surface area contributed by atoms with E-state index in [1.54, 1.807) is 0 Å². The number of rotatable bonds is 34. The summed E-state index contributed by atoms with van der Waals surface area (Å²) in [7, 11) is 0. The normalized spacial score (nSPS) is 17.0. The van der Waals surface area contributed by atoms with E-state index in [0.29, 0.717) is 0 Å². The van der Waals surface area contributed by atoms with Gasteiger partial charge in [0.2, 0.25) is 5.52 Å². The van der Waals surface area contributed by atoms with E-state index in [-0.39, 0.29) is 108 Å². The Hall–Kier alpha value is -8.06. The van der Waals surface area contributed by atoms with Crippen LogP contribution in [0, 0.1) is 87.1 Å². The van der Waals surface area contributed by atoms with Gasteiger partial charge in [-0.15, -0.1) is 0 Å². The molecule has 2 aliphatic rings. The van der Waals surface area contributed by atoms with Crippen molar-refractivity contribution in [1.29, 1.82) is 0 Å². The number of nitrogens with one attached hydrogen (secondary N) is 2. The third kappa shape index (κ3) is 25.0. The molecule has 6 atom stereocenters. The van der Waals surface area contributed by atoms with Crippen molar-refractivity contribution in [3.63, 3.8) is 0 Å². The fourth-order valence-corrected chi connectivity index (χ4v) is 25.6. The number of aromatic nitrogens is 3. The van der Waals surface area contributed by atoms with Gasteiger partial charge >= 0.3 is 0 Å². The summed E-state index contributed by atoms with van der Waals surface area (Å²) in [4.78, 5) is 18.3. The van der Waals surface area contributed by atoms with Crippen LogP contribution < -0.4 is 15.3 Å². The Morgan fingerprint density at radius 3 is 1.02 bits per heavy atom. The van der Waals surface area contributed by atoms with E-state index >= 15 is 0 Å². The fourth-order valence-electron chi connectivity index (χ4n) is 25.6. The zero-order valence-corrected chi connectivity index (χ0v) is 97.2. The molecule has 0 aliphatic carbocycles. The van der Waals surface area contributed by atoms with Crippen molar-refractivity contribution in [1.82, 2.24) is 9.88 Å². The first kappa shape index (κ1) is 117. The molecule has 7 aromatic carbocycles. The first-order valence-corrected chi connectivity index (χ1v) is 54.6. The molecule has 5 heterocycles. The highest BCUT2D eigenvalue weighted by atomic mass is 15.2. The Labute approximate surface area is 860 Å². The van der Waals surface area contributed by atoms with E-state index in [1.807, 2.05) is 18.6 Å². The second-order valence-electron chi connectivity index (χ2n) is 54.7. The third-order valence-corrected chi connectivity index (χ3v) is 42.3. The highest BCUT2D eigenvalue weighted by molar-refractivity contribution is 5.84. The van der Waals surface area contributed by atoms with Gasteiger partial charge in [-0.05, 0) is 242 Å². The van der Waals surface area contributed by atoms with Gasteiger partial charge in [0.1, 0.15) is 0 Å². The van der Waals surface area contributed by atoms with E-state index < -0.39 is 0 Å². The number of pyridine rings is 3. The lowest BCUT2D eigenvalue weighted by Crippen LogP contribution is -2.81. The van der Waals surface area contributed by atoms with Gasteiger partial charge in [0.25, 0.3) is 0 Å². The lowest BCUT2D eigenvalue weighted by atomic mass is 9.44. The largest absolute Gasteiger partial charge is 0.361 e. The van der Waals surface area contributed by atoms with Gasteiger partial charge < -0.3 is 10.2 Å². The van der Waals surface area contributed by atoms with Crippen molar-refractivity contribution in [3.05, 3.63) is 294 Å². The molecule has 3 aromatic heterocycles. The average molecular weight is 1900 g/mol. The smallest absolute Gasteiger partial charge is 0.210 e. The number of aryl methyl sites for hydroxylation is 3. The predicted octanol–water partition coefficient (Wildman–Crippen LogP) is 35.1. The molecule has 0 saturated carbocycles. The Morgan fingerprint density at radius 2 is 0.664 bits per heavy atom. The number of nitrogens with two attached hydrogens (primary N) is 1. The number of aliphatic imine (C=N–C) groups is 1. The molecule has 10 aromatic rings. The molecule has 12 rings (SSSR count). The number of hydrogen-bond donors (Lipinski definition) is 1. The molecule has 0 spiro atoms. The maximum atomic E-state index is 4.57. The zero-order chi connectivity index (χ0) is 105. The molecule has 1 fully saturated rings. The summed E-state index contributed by atoms with van der Waals surface area (Å²) < 4.78 is 0. The van der Waals surface area contributed by atoms with E-state index in [0.717, 1.165) is 51.2 Å². The van der Waals surface area contributed by atoms with Crippen molar-refractivity contribution in [2.75, 3.05) is 32.7 Å². The quantitative estimate of drug-likeness (QED) is 0.0436. The Bertz CT molecular complexity index is 5420. The number of nitrogens with zero attached hydrogens (tertiary/aromatic N) is 3. The van der Waals surface area contributed by atoms with E-state index in [9.17, 15) is 0 Å². The van der Waals surface area contributed by atoms with Crippen molar-refractivity contribution in [2.45, 2.75) is 394 Å². The van der Waals surface area contributed by atoms with Crippen LogP contribution in [-0.4, -0.2) is 48.9 Å². The van der Waals surface area contributed by atoms with Gasteiger partial charge in [0.05, 0.1) is 26.0 Å². The van der Waals surface area contributed by atoms with Gasteiger partial charge in [-0.2, -0.15) is 0 Å². The standard InChI is InChI=1S/2C30H41N.C25H43N.C25H37N.C24H40N2/c1-27(2,3)30(8,29(6,7)28(4,5)25-17-10-9-11-18-25)20-14-16-24-22-31-21-23-15-12-13-19-26(23)24;1-27(2,3)30(8,29(6,7)28(4,5)24-16-10-9-11-17-24)22-14-18-25-21-20-23-15-12-13-19-26(23)31-25;1-22(2,3)25(8,17-12-13-20-16-18-26-19-20)24(6,7)23(4,5)21-14-10-9-11-15-21;1-22(2,3)25(8,18-17-21-16-12-13-19-26-21)24(6,7)23(4,5)20-14-10-9-11-15-20;1-21(2,3)24(8,15-12-17-26-18-16-25-19-26)23(6,7)22(4,5)20-13-10-9-11-14-20/h9-13,15,17-19,21-22H,14,16,20H2,1-8H3;9-13,15-17,19-21H,14,18,22H2,1-8H3;9-11,14-15,20,26H,12-13,16-19H2,1-8H3;9-16,19H,17-18H2,1-8H3;9-11,13-14,19H,12,15-18H2,1-8H3/p+3. The maximum absolute atomic E-state index is 4.57. The molecular weight excluding hydrogens is 1690 g/mol. The number of benzene rings is 7. The minimum atomic E-state index is 0.0560. The van der Waals surface area contributed by atoms with Crippen molar-refractivity contribution < 1.29 is 15.3 Å². The van der Waals surface area contributed by atoms with Crippen LogP contribution in [0.1, 0.15) is 392 Å². The Balaban J connectivity index is 0.000000215. The van der Waals surface area contributed by atoms with E-state index in [4.69, 9.17) is 0 Å². The van der Waals surface area contributed by atoms with Crippen LogP contribution in [0.3, 0.4) is 0 Å². The lowest BCUT2D eigenvalue weighted by molar-refractivity contribution is -0.638. The molecule has 768 valence electrons. The zero-order valence-electron chi connectivity index (χ0n) is 97.2. The number of H-pyrrole nitrogens is 2. The van der Waals surface area contributed by atoms with Crippen molar-refractivity contribution in [3.8, 4) is 0 Å². The van der Waals surface area contributed by atoms with Gasteiger partial charge in [0, 0.05) is 72.2 Å². The van der Waals surface area contributed by atoms with Crippen LogP contribution >= 0.6 is 0 Å². The van der Waals surface area contributed by atoms with Crippen LogP contribution in [0.15, 0.2) is 254 Å². The summed E-state index contributed by atoms with van der Waals surface area (Å²) in [6.07, 6.45) is 25.3. The van der Waals surface area contributed by atoms with E-state index in [1.165, 1.54) is 144 Å². The lowest BCUT2D eigenvalue weighted by Gasteiger charge is -2.60.